The largest absolute Gasteiger partial charge is 0.495 e. The number of benzene rings is 1. The lowest BCUT2D eigenvalue weighted by Gasteiger charge is -2.27. The van der Waals surface area contributed by atoms with Crippen molar-refractivity contribution >= 4 is 33.9 Å². The Hall–Kier alpha value is -2.97. The lowest BCUT2D eigenvalue weighted by Crippen LogP contribution is -3.13. The number of anilines is 3. The third-order valence-corrected chi connectivity index (χ3v) is 6.18. The van der Waals surface area contributed by atoms with Gasteiger partial charge in [0.25, 0.3) is 5.82 Å². The SMILES string of the molecule is COc1ccccc1N(C(C)=O)c1nc(C[NH+]2CCN(c3cccc[nH+]3)CC2)cs1. The molecule has 156 valence electrons. The predicted octanol–water partition coefficient (Wildman–Crippen LogP) is 1.56. The van der Waals surface area contributed by atoms with E-state index in [0.717, 1.165) is 38.4 Å². The predicted molar refractivity (Wildman–Crippen MR) is 118 cm³/mol. The summed E-state index contributed by atoms with van der Waals surface area (Å²) in [6, 6.07) is 13.7. The molecule has 8 heteroatoms. The lowest BCUT2D eigenvalue weighted by atomic mass is 10.2. The van der Waals surface area contributed by atoms with Gasteiger partial charge in [0.15, 0.2) is 5.13 Å². The number of pyridine rings is 1. The molecule has 0 saturated carbocycles. The summed E-state index contributed by atoms with van der Waals surface area (Å²) in [6.45, 7) is 6.54. The van der Waals surface area contributed by atoms with E-state index in [4.69, 9.17) is 9.72 Å². The molecule has 3 aromatic rings. The highest BCUT2D eigenvalue weighted by molar-refractivity contribution is 7.14. The maximum atomic E-state index is 12.4. The van der Waals surface area contributed by atoms with Gasteiger partial charge in [-0.1, -0.05) is 18.2 Å². The Labute approximate surface area is 180 Å². The smallest absolute Gasteiger partial charge is 0.274 e. The molecule has 0 spiro atoms. The molecule has 1 fully saturated rings. The average Bonchev–Trinajstić information content (AvgIpc) is 3.23. The second kappa shape index (κ2) is 9.23. The molecular formula is C22H27N5O2S+2. The van der Waals surface area contributed by atoms with Gasteiger partial charge in [0, 0.05) is 18.4 Å². The van der Waals surface area contributed by atoms with Gasteiger partial charge in [-0.25, -0.2) is 9.97 Å². The van der Waals surface area contributed by atoms with Crippen LogP contribution in [0.15, 0.2) is 54.0 Å². The second-order valence-corrected chi connectivity index (χ2v) is 8.15. The van der Waals surface area contributed by atoms with Gasteiger partial charge in [0.2, 0.25) is 5.91 Å². The van der Waals surface area contributed by atoms with Gasteiger partial charge in [-0.05, 0) is 18.2 Å². The van der Waals surface area contributed by atoms with E-state index in [0.29, 0.717) is 16.6 Å². The zero-order valence-corrected chi connectivity index (χ0v) is 18.1. The number of quaternary nitrogens is 1. The molecule has 1 amide bonds. The molecule has 1 aliphatic rings. The van der Waals surface area contributed by atoms with Gasteiger partial charge >= 0.3 is 0 Å². The number of thiazole rings is 1. The van der Waals surface area contributed by atoms with Crippen molar-refractivity contribution < 1.29 is 19.4 Å². The van der Waals surface area contributed by atoms with Gasteiger partial charge < -0.3 is 9.64 Å². The molecule has 0 atom stereocenters. The average molecular weight is 426 g/mol. The van der Waals surface area contributed by atoms with E-state index < -0.39 is 0 Å². The molecule has 0 radical (unpaired) electrons. The lowest BCUT2D eigenvalue weighted by molar-refractivity contribution is -0.914. The number of aromatic amines is 1. The molecule has 1 saturated heterocycles. The number of nitrogens with one attached hydrogen (secondary N) is 2. The number of H-pyrrole nitrogens is 1. The number of hydrogen-bond donors (Lipinski definition) is 1. The number of carbonyl (C=O) groups excluding carboxylic acids is 1. The number of ether oxygens (including phenoxy) is 1. The zero-order chi connectivity index (χ0) is 20.9. The minimum absolute atomic E-state index is 0.0829. The van der Waals surface area contributed by atoms with E-state index in [1.165, 1.54) is 22.1 Å². The van der Waals surface area contributed by atoms with Crippen LogP contribution >= 0.6 is 11.3 Å². The number of carbonyl (C=O) groups is 1. The van der Waals surface area contributed by atoms with Crippen molar-refractivity contribution in [2.24, 2.45) is 0 Å². The van der Waals surface area contributed by atoms with Gasteiger partial charge in [-0.15, -0.1) is 11.3 Å². The van der Waals surface area contributed by atoms with E-state index in [2.05, 4.69) is 27.4 Å². The number of nitrogens with zero attached hydrogens (tertiary/aromatic N) is 3. The fraction of sp³-hybridized carbons (Fsp3) is 0.318. The van der Waals surface area contributed by atoms with Crippen LogP contribution < -0.4 is 24.4 Å². The number of amides is 1. The van der Waals surface area contributed by atoms with Gasteiger partial charge in [0.05, 0.1) is 19.0 Å². The molecule has 1 aromatic carbocycles. The summed E-state index contributed by atoms with van der Waals surface area (Å²) in [5.74, 6) is 1.74. The number of para-hydroxylation sites is 2. The van der Waals surface area contributed by atoms with Crippen LogP contribution in [0.25, 0.3) is 0 Å². The number of rotatable bonds is 6. The van der Waals surface area contributed by atoms with Gasteiger partial charge in [0.1, 0.15) is 44.2 Å². The first-order chi connectivity index (χ1) is 14.7. The van der Waals surface area contributed by atoms with Crippen molar-refractivity contribution in [3.63, 3.8) is 0 Å². The summed E-state index contributed by atoms with van der Waals surface area (Å²) in [6.07, 6.45) is 1.97. The molecule has 2 N–H and O–H groups in total. The van der Waals surface area contributed by atoms with Crippen molar-refractivity contribution in [3.05, 3.63) is 59.7 Å². The maximum Gasteiger partial charge on any atom is 0.274 e. The van der Waals surface area contributed by atoms with Crippen LogP contribution in [0.3, 0.4) is 0 Å². The van der Waals surface area contributed by atoms with Crippen LogP contribution in [0.1, 0.15) is 12.6 Å². The van der Waals surface area contributed by atoms with Crippen LogP contribution in [0.2, 0.25) is 0 Å². The summed E-state index contributed by atoms with van der Waals surface area (Å²) >= 11 is 1.50. The molecule has 0 aliphatic carbocycles. The van der Waals surface area contributed by atoms with Crippen LogP contribution in [-0.2, 0) is 11.3 Å². The Kier molecular flexibility index (Phi) is 6.25. The van der Waals surface area contributed by atoms with Gasteiger partial charge in [-0.2, -0.15) is 0 Å². The number of aromatic nitrogens is 2. The highest BCUT2D eigenvalue weighted by Gasteiger charge is 2.27. The summed E-state index contributed by atoms with van der Waals surface area (Å²) in [4.78, 5) is 26.0. The first-order valence-corrected chi connectivity index (χ1v) is 11.0. The Bertz CT molecular complexity index is 986. The monoisotopic (exact) mass is 425 g/mol. The third-order valence-electron chi connectivity index (χ3n) is 5.31. The summed E-state index contributed by atoms with van der Waals surface area (Å²) in [5, 5.41) is 2.74. The Morgan fingerprint density at radius 3 is 2.70 bits per heavy atom. The molecular weight excluding hydrogens is 398 g/mol. The summed E-state index contributed by atoms with van der Waals surface area (Å²) in [5.41, 5.74) is 1.74. The molecule has 1 aliphatic heterocycles. The first kappa shape index (κ1) is 20.3. The molecule has 0 unspecified atom stereocenters. The van der Waals surface area contributed by atoms with Crippen LogP contribution in [0, 0.1) is 0 Å². The zero-order valence-electron chi connectivity index (χ0n) is 17.3. The minimum Gasteiger partial charge on any atom is -0.495 e. The molecule has 2 aromatic heterocycles. The number of piperazine rings is 1. The van der Waals surface area contributed by atoms with E-state index in [1.54, 1.807) is 18.9 Å². The van der Waals surface area contributed by atoms with Crippen LogP contribution in [0.4, 0.5) is 16.6 Å². The van der Waals surface area contributed by atoms with Crippen LogP contribution in [0.5, 0.6) is 5.75 Å². The van der Waals surface area contributed by atoms with E-state index in [-0.39, 0.29) is 5.91 Å². The van der Waals surface area contributed by atoms with Crippen molar-refractivity contribution in [2.75, 3.05) is 43.1 Å². The Morgan fingerprint density at radius 2 is 2.00 bits per heavy atom. The van der Waals surface area contributed by atoms with Crippen molar-refractivity contribution in [1.82, 2.24) is 4.98 Å². The summed E-state index contributed by atoms with van der Waals surface area (Å²) < 4.78 is 5.44. The van der Waals surface area contributed by atoms with Crippen LogP contribution in [-0.4, -0.2) is 44.2 Å². The third kappa shape index (κ3) is 4.44. The molecule has 0 bridgehead atoms. The number of hydrogen-bond acceptors (Lipinski definition) is 5. The van der Waals surface area contributed by atoms with Gasteiger partial charge in [-0.3, -0.25) is 14.6 Å². The molecule has 3 heterocycles. The minimum atomic E-state index is -0.0829. The quantitative estimate of drug-likeness (QED) is 0.651. The van der Waals surface area contributed by atoms with Crippen molar-refractivity contribution in [1.29, 1.82) is 0 Å². The maximum absolute atomic E-state index is 12.4. The highest BCUT2D eigenvalue weighted by atomic mass is 32.1. The standard InChI is InChI=1S/C22H25N5O2S/c1-17(28)27(19-7-3-4-8-20(19)29-2)22-24-18(16-30-22)15-25-11-13-26(14-12-25)21-9-5-6-10-23-21/h3-10,16H,11-15H2,1-2H3/p+2. The number of methoxy groups -OCH3 is 1. The topological polar surface area (TPSA) is 64.2 Å². The first-order valence-electron chi connectivity index (χ1n) is 10.1. The normalized spacial score (nSPS) is 14.5. The van der Waals surface area contributed by atoms with E-state index >= 15 is 0 Å². The molecule has 7 nitrogen and oxygen atoms in total. The van der Waals surface area contributed by atoms with E-state index in [9.17, 15) is 4.79 Å². The fourth-order valence-corrected chi connectivity index (χ4v) is 4.66. The molecule has 30 heavy (non-hydrogen) atoms. The Balaban J connectivity index is 1.43. The highest BCUT2D eigenvalue weighted by Crippen LogP contribution is 2.35. The Morgan fingerprint density at radius 1 is 1.23 bits per heavy atom. The fourth-order valence-electron chi connectivity index (χ4n) is 3.78. The van der Waals surface area contributed by atoms with Crippen molar-refractivity contribution in [2.45, 2.75) is 13.5 Å². The van der Waals surface area contributed by atoms with Crippen molar-refractivity contribution in [3.8, 4) is 5.75 Å². The summed E-state index contributed by atoms with van der Waals surface area (Å²) in [7, 11) is 1.61. The van der Waals surface area contributed by atoms with E-state index in [1.807, 2.05) is 36.5 Å². The molecule has 4 rings (SSSR count). The second-order valence-electron chi connectivity index (χ2n) is 7.31.